The molecule has 2 heterocycles. The van der Waals surface area contributed by atoms with Crippen molar-refractivity contribution in [2.24, 2.45) is 0 Å². The summed E-state index contributed by atoms with van der Waals surface area (Å²) in [6, 6.07) is 4.08. The zero-order chi connectivity index (χ0) is 8.39. The number of thiophene rings is 1. The van der Waals surface area contributed by atoms with Crippen molar-refractivity contribution in [3.8, 4) is 0 Å². The van der Waals surface area contributed by atoms with Crippen LogP contribution in [0.1, 0.15) is 10.4 Å². The molecule has 0 radical (unpaired) electrons. The first-order valence-corrected chi connectivity index (χ1v) is 4.45. The van der Waals surface area contributed by atoms with Gasteiger partial charge in [-0.2, -0.15) is 0 Å². The van der Waals surface area contributed by atoms with Gasteiger partial charge in [0.1, 0.15) is 0 Å². The molecule has 0 amide bonds. The fourth-order valence-electron chi connectivity index (χ4n) is 1.00. The SMILES string of the molecule is Nc1oncc1Cc1cccs1. The van der Waals surface area contributed by atoms with Crippen LogP contribution in [0.25, 0.3) is 0 Å². The lowest BCUT2D eigenvalue weighted by molar-refractivity contribution is 0.436. The van der Waals surface area contributed by atoms with Crippen LogP contribution in [0.15, 0.2) is 28.2 Å². The highest BCUT2D eigenvalue weighted by atomic mass is 32.1. The molecule has 0 aliphatic rings. The largest absolute Gasteiger partial charge is 0.367 e. The number of anilines is 1. The van der Waals surface area contributed by atoms with E-state index in [0.717, 1.165) is 12.0 Å². The Morgan fingerprint density at radius 1 is 1.58 bits per heavy atom. The molecule has 0 bridgehead atoms. The second kappa shape index (κ2) is 2.98. The van der Waals surface area contributed by atoms with E-state index in [1.807, 2.05) is 11.4 Å². The average Bonchev–Trinajstić information content (AvgIpc) is 2.65. The molecule has 2 aromatic heterocycles. The fraction of sp³-hybridized carbons (Fsp3) is 0.125. The number of aromatic nitrogens is 1. The Hall–Kier alpha value is -1.29. The second-order valence-corrected chi connectivity index (χ2v) is 3.50. The van der Waals surface area contributed by atoms with Gasteiger partial charge in [-0.3, -0.25) is 0 Å². The molecule has 0 saturated carbocycles. The van der Waals surface area contributed by atoms with Crippen molar-refractivity contribution >= 4 is 17.2 Å². The molecule has 12 heavy (non-hydrogen) atoms. The minimum Gasteiger partial charge on any atom is -0.367 e. The van der Waals surface area contributed by atoms with Crippen molar-refractivity contribution in [3.05, 3.63) is 34.2 Å². The van der Waals surface area contributed by atoms with E-state index in [9.17, 15) is 0 Å². The topological polar surface area (TPSA) is 52.0 Å². The molecule has 0 fully saturated rings. The van der Waals surface area contributed by atoms with Crippen LogP contribution >= 0.6 is 11.3 Å². The Balaban J connectivity index is 2.20. The summed E-state index contributed by atoms with van der Waals surface area (Å²) in [5.41, 5.74) is 6.49. The van der Waals surface area contributed by atoms with E-state index >= 15 is 0 Å². The molecule has 0 unspecified atom stereocenters. The summed E-state index contributed by atoms with van der Waals surface area (Å²) in [4.78, 5) is 1.27. The summed E-state index contributed by atoms with van der Waals surface area (Å²) in [7, 11) is 0. The van der Waals surface area contributed by atoms with E-state index < -0.39 is 0 Å². The molecule has 0 spiro atoms. The molecular weight excluding hydrogens is 172 g/mol. The van der Waals surface area contributed by atoms with Gasteiger partial charge in [-0.15, -0.1) is 11.3 Å². The van der Waals surface area contributed by atoms with Crippen molar-refractivity contribution in [2.75, 3.05) is 5.73 Å². The molecule has 0 aliphatic heterocycles. The first-order valence-electron chi connectivity index (χ1n) is 3.57. The number of hydrogen-bond acceptors (Lipinski definition) is 4. The lowest BCUT2D eigenvalue weighted by atomic mass is 10.2. The van der Waals surface area contributed by atoms with Gasteiger partial charge in [0, 0.05) is 16.9 Å². The predicted octanol–water partition coefficient (Wildman–Crippen LogP) is 1.91. The van der Waals surface area contributed by atoms with E-state index in [1.165, 1.54) is 4.88 Å². The number of nitrogens with two attached hydrogens (primary N) is 1. The molecule has 0 aliphatic carbocycles. The van der Waals surface area contributed by atoms with E-state index in [2.05, 4.69) is 11.2 Å². The number of nitrogens with zero attached hydrogens (tertiary/aromatic N) is 1. The van der Waals surface area contributed by atoms with Crippen LogP contribution in [0.5, 0.6) is 0 Å². The van der Waals surface area contributed by atoms with Gasteiger partial charge >= 0.3 is 0 Å². The van der Waals surface area contributed by atoms with Crippen LogP contribution in [0.4, 0.5) is 5.88 Å². The maximum absolute atomic E-state index is 5.53. The summed E-state index contributed by atoms with van der Waals surface area (Å²) >= 11 is 1.70. The zero-order valence-electron chi connectivity index (χ0n) is 6.36. The normalized spacial score (nSPS) is 10.3. The van der Waals surface area contributed by atoms with Crippen molar-refractivity contribution in [2.45, 2.75) is 6.42 Å². The van der Waals surface area contributed by atoms with E-state index in [4.69, 9.17) is 10.3 Å². The average molecular weight is 180 g/mol. The Morgan fingerprint density at radius 3 is 3.08 bits per heavy atom. The van der Waals surface area contributed by atoms with Crippen LogP contribution in [0.3, 0.4) is 0 Å². The smallest absolute Gasteiger partial charge is 0.225 e. The number of rotatable bonds is 2. The molecule has 0 saturated heterocycles. The second-order valence-electron chi connectivity index (χ2n) is 2.47. The van der Waals surface area contributed by atoms with Gasteiger partial charge in [-0.1, -0.05) is 11.2 Å². The van der Waals surface area contributed by atoms with Gasteiger partial charge in [-0.25, -0.2) is 0 Å². The molecule has 2 aromatic rings. The van der Waals surface area contributed by atoms with Gasteiger partial charge < -0.3 is 10.3 Å². The Morgan fingerprint density at radius 2 is 2.50 bits per heavy atom. The van der Waals surface area contributed by atoms with Crippen molar-refractivity contribution < 1.29 is 4.52 Å². The molecular formula is C8H8N2OS. The number of nitrogen functional groups attached to an aromatic ring is 1. The highest BCUT2D eigenvalue weighted by molar-refractivity contribution is 7.09. The molecule has 4 heteroatoms. The molecule has 2 rings (SSSR count). The van der Waals surface area contributed by atoms with Crippen molar-refractivity contribution in [3.63, 3.8) is 0 Å². The highest BCUT2D eigenvalue weighted by Gasteiger charge is 2.04. The standard InChI is InChI=1S/C8H8N2OS/c9-8-6(5-10-11-8)4-7-2-1-3-12-7/h1-3,5H,4,9H2. The Bertz CT molecular complexity index is 353. The lowest BCUT2D eigenvalue weighted by Gasteiger charge is -1.91. The fourth-order valence-corrected chi connectivity index (χ4v) is 1.73. The van der Waals surface area contributed by atoms with Crippen molar-refractivity contribution in [1.82, 2.24) is 5.16 Å². The monoisotopic (exact) mass is 180 g/mol. The van der Waals surface area contributed by atoms with E-state index in [-0.39, 0.29) is 0 Å². The summed E-state index contributed by atoms with van der Waals surface area (Å²) in [6.45, 7) is 0. The van der Waals surface area contributed by atoms with E-state index in [1.54, 1.807) is 17.5 Å². The maximum atomic E-state index is 5.53. The third kappa shape index (κ3) is 1.33. The first-order chi connectivity index (χ1) is 5.86. The van der Waals surface area contributed by atoms with Gasteiger partial charge in [0.15, 0.2) is 0 Å². The minimum atomic E-state index is 0.420. The summed E-state index contributed by atoms with van der Waals surface area (Å²) in [5.74, 6) is 0.420. The number of hydrogen-bond donors (Lipinski definition) is 1. The summed E-state index contributed by atoms with van der Waals surface area (Å²) in [6.07, 6.45) is 2.47. The van der Waals surface area contributed by atoms with Crippen LogP contribution in [0.2, 0.25) is 0 Å². The van der Waals surface area contributed by atoms with Crippen LogP contribution in [-0.4, -0.2) is 5.16 Å². The predicted molar refractivity (Wildman–Crippen MR) is 48.0 cm³/mol. The van der Waals surface area contributed by atoms with Gasteiger partial charge in [0.2, 0.25) is 5.88 Å². The molecule has 2 N–H and O–H groups in total. The van der Waals surface area contributed by atoms with Crippen molar-refractivity contribution in [1.29, 1.82) is 0 Å². The third-order valence-corrected chi connectivity index (χ3v) is 2.50. The zero-order valence-corrected chi connectivity index (χ0v) is 7.17. The quantitative estimate of drug-likeness (QED) is 0.768. The Kier molecular flexibility index (Phi) is 1.83. The molecule has 0 aromatic carbocycles. The summed E-state index contributed by atoms with van der Waals surface area (Å²) in [5, 5.41) is 5.65. The molecule has 0 atom stereocenters. The minimum absolute atomic E-state index is 0.420. The van der Waals surface area contributed by atoms with Gasteiger partial charge in [0.25, 0.3) is 0 Å². The van der Waals surface area contributed by atoms with Crippen LogP contribution in [0, 0.1) is 0 Å². The van der Waals surface area contributed by atoms with Gasteiger partial charge in [-0.05, 0) is 11.4 Å². The molecule has 62 valence electrons. The Labute approximate surface area is 73.8 Å². The summed E-state index contributed by atoms with van der Waals surface area (Å²) < 4.78 is 4.75. The molecule has 3 nitrogen and oxygen atoms in total. The maximum Gasteiger partial charge on any atom is 0.225 e. The van der Waals surface area contributed by atoms with Gasteiger partial charge in [0.05, 0.1) is 6.20 Å². The highest BCUT2D eigenvalue weighted by Crippen LogP contribution is 2.18. The first kappa shape index (κ1) is 7.36. The van der Waals surface area contributed by atoms with Crippen LogP contribution in [-0.2, 0) is 6.42 Å². The van der Waals surface area contributed by atoms with E-state index in [0.29, 0.717) is 5.88 Å². The third-order valence-electron chi connectivity index (χ3n) is 1.62. The van der Waals surface area contributed by atoms with Crippen LogP contribution < -0.4 is 5.73 Å². The lowest BCUT2D eigenvalue weighted by Crippen LogP contribution is -1.88.